The number of para-hydroxylation sites is 1. The maximum Gasteiger partial charge on any atom is 0.407 e. The van der Waals surface area contributed by atoms with Crippen LogP contribution >= 0.6 is 0 Å². The highest BCUT2D eigenvalue weighted by atomic mass is 16.5. The molecule has 0 saturated carbocycles. The number of carbonyl (C=O) groups is 3. The molecule has 1 aliphatic rings. The lowest BCUT2D eigenvalue weighted by atomic mass is 9.98. The van der Waals surface area contributed by atoms with Crippen LogP contribution in [0.5, 0.6) is 5.75 Å². The molecule has 5 rings (SSSR count). The number of amides is 2. The van der Waals surface area contributed by atoms with Gasteiger partial charge in [-0.2, -0.15) is 0 Å². The van der Waals surface area contributed by atoms with Gasteiger partial charge in [0.1, 0.15) is 12.4 Å². The molecule has 8 heteroatoms. The maximum atomic E-state index is 13.3. The fraction of sp³-hybridized carbons (Fsp3) is 0.281. The molecule has 3 aromatic carbocycles. The molecule has 0 saturated heterocycles. The molecule has 2 amide bonds. The van der Waals surface area contributed by atoms with Gasteiger partial charge in [-0.05, 0) is 49.1 Å². The van der Waals surface area contributed by atoms with Gasteiger partial charge in [-0.25, -0.2) is 4.79 Å². The number of nitrogens with one attached hydrogen (secondary N) is 2. The van der Waals surface area contributed by atoms with Crippen molar-refractivity contribution in [1.29, 1.82) is 0 Å². The number of hydrogen-bond acceptors (Lipinski definition) is 5. The number of likely N-dealkylation sites (N-methyl/N-ethyl adjacent to an activating group) is 1. The van der Waals surface area contributed by atoms with Crippen LogP contribution in [-0.4, -0.2) is 60.0 Å². The molecule has 1 heterocycles. The van der Waals surface area contributed by atoms with Crippen molar-refractivity contribution >= 4 is 28.7 Å². The Morgan fingerprint density at radius 2 is 1.57 bits per heavy atom. The maximum absolute atomic E-state index is 13.3. The van der Waals surface area contributed by atoms with E-state index in [1.54, 1.807) is 36.2 Å². The van der Waals surface area contributed by atoms with E-state index in [4.69, 9.17) is 9.47 Å². The van der Waals surface area contributed by atoms with Crippen molar-refractivity contribution < 1.29 is 23.9 Å². The molecule has 0 unspecified atom stereocenters. The normalized spacial score (nSPS) is 12.9. The Bertz CT molecular complexity index is 1510. The highest BCUT2D eigenvalue weighted by molar-refractivity contribution is 6.11. The van der Waals surface area contributed by atoms with E-state index in [-0.39, 0.29) is 30.8 Å². The number of benzene rings is 3. The molecule has 0 aliphatic heterocycles. The number of Topliss-reactive ketones (excluding diaryl/α,β-unsaturated/α-hetero) is 1. The Morgan fingerprint density at radius 3 is 2.23 bits per heavy atom. The number of carbonyl (C=O) groups excluding carboxylic acids is 3. The van der Waals surface area contributed by atoms with Crippen molar-refractivity contribution in [2.75, 3.05) is 26.3 Å². The molecular formula is C32H33N3O5. The number of H-pyrrole nitrogens is 1. The molecule has 2 N–H and O–H groups in total. The van der Waals surface area contributed by atoms with Gasteiger partial charge in [-0.1, -0.05) is 60.7 Å². The van der Waals surface area contributed by atoms with E-state index in [0.717, 1.165) is 22.3 Å². The Kier molecular flexibility index (Phi) is 7.86. The van der Waals surface area contributed by atoms with Crippen molar-refractivity contribution in [3.8, 4) is 16.9 Å². The van der Waals surface area contributed by atoms with Crippen LogP contribution in [0.25, 0.3) is 22.0 Å². The van der Waals surface area contributed by atoms with Gasteiger partial charge >= 0.3 is 6.09 Å². The molecule has 0 bridgehead atoms. The van der Waals surface area contributed by atoms with Crippen molar-refractivity contribution in [2.45, 2.75) is 32.7 Å². The van der Waals surface area contributed by atoms with Crippen LogP contribution in [0.4, 0.5) is 4.79 Å². The van der Waals surface area contributed by atoms with E-state index in [0.29, 0.717) is 35.3 Å². The molecule has 4 aromatic rings. The van der Waals surface area contributed by atoms with Crippen molar-refractivity contribution in [3.63, 3.8) is 0 Å². The van der Waals surface area contributed by atoms with E-state index in [1.165, 1.54) is 0 Å². The van der Waals surface area contributed by atoms with E-state index in [2.05, 4.69) is 34.6 Å². The molecule has 1 aliphatic carbocycles. The Morgan fingerprint density at radius 1 is 0.925 bits per heavy atom. The van der Waals surface area contributed by atoms with Crippen LogP contribution in [0.15, 0.2) is 72.9 Å². The van der Waals surface area contributed by atoms with E-state index >= 15 is 0 Å². The Labute approximate surface area is 233 Å². The summed E-state index contributed by atoms with van der Waals surface area (Å²) < 4.78 is 11.4. The number of nitrogens with zero attached hydrogens (tertiary/aromatic N) is 1. The lowest BCUT2D eigenvalue weighted by Crippen LogP contribution is -2.39. The summed E-state index contributed by atoms with van der Waals surface area (Å²) in [6.07, 6.45) is 0.948. The van der Waals surface area contributed by atoms with Crippen LogP contribution in [-0.2, 0) is 9.53 Å². The minimum absolute atomic E-state index is 0.0650. The molecule has 0 fully saturated rings. The first-order valence-electron chi connectivity index (χ1n) is 13.6. The number of alkyl carbamates (subject to hydrolysis) is 1. The number of ether oxygens (including phenoxy) is 2. The lowest BCUT2D eigenvalue weighted by Gasteiger charge is -2.18. The summed E-state index contributed by atoms with van der Waals surface area (Å²) in [5.41, 5.74) is 5.58. The van der Waals surface area contributed by atoms with Gasteiger partial charge in [0.05, 0.1) is 11.6 Å². The van der Waals surface area contributed by atoms with Gasteiger partial charge < -0.3 is 24.7 Å². The largest absolute Gasteiger partial charge is 0.482 e. The van der Waals surface area contributed by atoms with Gasteiger partial charge in [0.25, 0.3) is 5.91 Å². The standard InChI is InChI=1S/C32H33N3O5/c1-4-35(5-2)29(36)19-39-28-16-10-15-25-26(17-33-30(25)28)31(37)20(3)34-32(38)40-18-27-23-13-8-6-11-21(23)22-12-7-9-14-24(22)27/h6-17,20,27,33H,4-5,18-19H2,1-3H3,(H,34,38)/t20-/m1/s1. The minimum Gasteiger partial charge on any atom is -0.482 e. The first-order chi connectivity index (χ1) is 19.4. The van der Waals surface area contributed by atoms with E-state index in [1.807, 2.05) is 38.1 Å². The van der Waals surface area contributed by atoms with E-state index < -0.39 is 12.1 Å². The van der Waals surface area contributed by atoms with Crippen molar-refractivity contribution in [2.24, 2.45) is 0 Å². The minimum atomic E-state index is -0.816. The second-order valence-corrected chi connectivity index (χ2v) is 9.79. The topological polar surface area (TPSA) is 101 Å². The predicted octanol–water partition coefficient (Wildman–Crippen LogP) is 5.53. The van der Waals surface area contributed by atoms with Crippen LogP contribution in [0.3, 0.4) is 0 Å². The van der Waals surface area contributed by atoms with Crippen LogP contribution in [0.2, 0.25) is 0 Å². The average Bonchev–Trinajstić information content (AvgIpc) is 3.55. The quantitative estimate of drug-likeness (QED) is 0.258. The summed E-state index contributed by atoms with van der Waals surface area (Å²) in [5.74, 6) is 0.0425. The zero-order valence-electron chi connectivity index (χ0n) is 22.9. The molecule has 206 valence electrons. The third kappa shape index (κ3) is 5.17. The molecule has 0 radical (unpaired) electrons. The summed E-state index contributed by atoms with van der Waals surface area (Å²) in [6.45, 7) is 6.76. The van der Waals surface area contributed by atoms with Gasteiger partial charge in [-0.3, -0.25) is 9.59 Å². The molecule has 1 atom stereocenters. The first-order valence-corrected chi connectivity index (χ1v) is 13.6. The van der Waals surface area contributed by atoms with Gasteiger partial charge in [0.2, 0.25) is 0 Å². The summed E-state index contributed by atoms with van der Waals surface area (Å²) in [6, 6.07) is 20.8. The number of aromatic nitrogens is 1. The molecule has 1 aromatic heterocycles. The SMILES string of the molecule is CCN(CC)C(=O)COc1cccc2c(C(=O)[C@@H](C)NC(=O)OCC3c4ccccc4-c4ccccc43)c[nH]c12. The summed E-state index contributed by atoms with van der Waals surface area (Å²) >= 11 is 0. The van der Waals surface area contributed by atoms with Crippen molar-refractivity contribution in [1.82, 2.24) is 15.2 Å². The molecular weight excluding hydrogens is 506 g/mol. The monoisotopic (exact) mass is 539 g/mol. The molecule has 8 nitrogen and oxygen atoms in total. The van der Waals surface area contributed by atoms with Gasteiger partial charge in [0.15, 0.2) is 12.4 Å². The fourth-order valence-corrected chi connectivity index (χ4v) is 5.37. The summed E-state index contributed by atoms with van der Waals surface area (Å²) in [7, 11) is 0. The zero-order chi connectivity index (χ0) is 28.2. The van der Waals surface area contributed by atoms with Crippen LogP contribution in [0, 0.1) is 0 Å². The smallest absolute Gasteiger partial charge is 0.407 e. The number of aromatic amines is 1. The number of fused-ring (bicyclic) bond motifs is 4. The highest BCUT2D eigenvalue weighted by Gasteiger charge is 2.29. The summed E-state index contributed by atoms with van der Waals surface area (Å²) in [4.78, 5) is 43.2. The lowest BCUT2D eigenvalue weighted by molar-refractivity contribution is -0.132. The number of hydrogen-bond donors (Lipinski definition) is 2. The Balaban J connectivity index is 1.22. The highest BCUT2D eigenvalue weighted by Crippen LogP contribution is 2.44. The number of rotatable bonds is 10. The third-order valence-corrected chi connectivity index (χ3v) is 7.48. The predicted molar refractivity (Wildman–Crippen MR) is 154 cm³/mol. The second-order valence-electron chi connectivity index (χ2n) is 9.79. The molecule has 40 heavy (non-hydrogen) atoms. The fourth-order valence-electron chi connectivity index (χ4n) is 5.37. The van der Waals surface area contributed by atoms with Gasteiger partial charge in [-0.15, -0.1) is 0 Å². The van der Waals surface area contributed by atoms with Crippen LogP contribution < -0.4 is 10.1 Å². The van der Waals surface area contributed by atoms with Gasteiger partial charge in [0, 0.05) is 36.2 Å². The zero-order valence-corrected chi connectivity index (χ0v) is 22.9. The van der Waals surface area contributed by atoms with Crippen molar-refractivity contribution in [3.05, 3.63) is 89.6 Å². The molecule has 0 spiro atoms. The second kappa shape index (κ2) is 11.7. The van der Waals surface area contributed by atoms with Crippen LogP contribution in [0.1, 0.15) is 48.2 Å². The Hall–Kier alpha value is -4.59. The van der Waals surface area contributed by atoms with E-state index in [9.17, 15) is 14.4 Å². The number of ketones is 1. The third-order valence-electron chi connectivity index (χ3n) is 7.48. The average molecular weight is 540 g/mol. The summed E-state index contributed by atoms with van der Waals surface area (Å²) in [5, 5.41) is 3.33. The first kappa shape index (κ1) is 27.0.